The van der Waals surface area contributed by atoms with Crippen LogP contribution in [0.4, 0.5) is 4.39 Å². The molecule has 2 N–H and O–H groups in total. The molecule has 1 aromatic heterocycles. The number of hydrogen-bond acceptors (Lipinski definition) is 2. The van der Waals surface area contributed by atoms with Crippen molar-refractivity contribution in [1.29, 1.82) is 0 Å². The Hall–Kier alpha value is -1.60. The van der Waals surface area contributed by atoms with Gasteiger partial charge in [-0.15, -0.1) is 0 Å². The highest BCUT2D eigenvalue weighted by Crippen LogP contribution is 2.11. The second kappa shape index (κ2) is 4.58. The van der Waals surface area contributed by atoms with Crippen LogP contribution in [-0.2, 0) is 4.79 Å². The van der Waals surface area contributed by atoms with Crippen molar-refractivity contribution in [3.8, 4) is 11.8 Å². The van der Waals surface area contributed by atoms with Crippen molar-refractivity contribution in [2.75, 3.05) is 0 Å². The number of carbonyl (C=O) groups is 1. The topological polar surface area (TPSA) is 56.0 Å². The summed E-state index contributed by atoms with van der Waals surface area (Å²) in [5, 5.41) is 0.100. The van der Waals surface area contributed by atoms with Gasteiger partial charge in [0.05, 0.1) is 18.2 Å². The van der Waals surface area contributed by atoms with Gasteiger partial charge in [-0.25, -0.2) is 9.37 Å². The number of halogens is 2. The Bertz CT molecular complexity index is 423. The van der Waals surface area contributed by atoms with Gasteiger partial charge >= 0.3 is 0 Å². The van der Waals surface area contributed by atoms with Crippen LogP contribution >= 0.6 is 11.6 Å². The number of nitrogens with zero attached hydrogens (tertiary/aromatic N) is 1. The van der Waals surface area contributed by atoms with E-state index in [0.29, 0.717) is 0 Å². The van der Waals surface area contributed by atoms with Crippen molar-refractivity contribution in [2.24, 2.45) is 5.73 Å². The first-order valence-electron chi connectivity index (χ1n) is 3.68. The van der Waals surface area contributed by atoms with E-state index in [1.54, 1.807) is 0 Å². The second-order valence-corrected chi connectivity index (χ2v) is 2.79. The first-order chi connectivity index (χ1) is 6.59. The van der Waals surface area contributed by atoms with Crippen molar-refractivity contribution in [3.05, 3.63) is 28.8 Å². The van der Waals surface area contributed by atoms with Gasteiger partial charge < -0.3 is 5.73 Å². The van der Waals surface area contributed by atoms with Gasteiger partial charge in [0.2, 0.25) is 5.91 Å². The molecule has 0 saturated carbocycles. The molecule has 0 radical (unpaired) electrons. The molecule has 14 heavy (non-hydrogen) atoms. The molecule has 0 aliphatic heterocycles. The molecule has 0 fully saturated rings. The van der Waals surface area contributed by atoms with Crippen LogP contribution in [0.2, 0.25) is 5.15 Å². The van der Waals surface area contributed by atoms with Crippen LogP contribution in [0.3, 0.4) is 0 Å². The summed E-state index contributed by atoms with van der Waals surface area (Å²) in [4.78, 5) is 13.9. The lowest BCUT2D eigenvalue weighted by atomic mass is 10.2. The third-order valence-electron chi connectivity index (χ3n) is 1.29. The minimum Gasteiger partial charge on any atom is -0.369 e. The summed E-state index contributed by atoms with van der Waals surface area (Å²) >= 11 is 5.62. The number of amides is 1. The SMILES string of the molecule is NC(=O)CC#Cc1cc(F)cnc1Cl. The molecule has 0 saturated heterocycles. The number of pyridine rings is 1. The maximum absolute atomic E-state index is 12.7. The van der Waals surface area contributed by atoms with Gasteiger partial charge in [0.15, 0.2) is 0 Å². The van der Waals surface area contributed by atoms with Crippen LogP contribution in [0, 0.1) is 17.7 Å². The molecule has 0 aromatic carbocycles. The molecule has 72 valence electrons. The summed E-state index contributed by atoms with van der Waals surface area (Å²) in [6.45, 7) is 0. The molecule has 1 aromatic rings. The lowest BCUT2D eigenvalue weighted by Gasteiger charge is -1.93. The van der Waals surface area contributed by atoms with Gasteiger partial charge in [0.1, 0.15) is 11.0 Å². The Balaban J connectivity index is 2.88. The third-order valence-corrected chi connectivity index (χ3v) is 1.59. The van der Waals surface area contributed by atoms with Crippen LogP contribution in [-0.4, -0.2) is 10.9 Å². The summed E-state index contributed by atoms with van der Waals surface area (Å²) in [5.74, 6) is 3.88. The molecule has 0 aliphatic rings. The first-order valence-corrected chi connectivity index (χ1v) is 4.05. The Labute approximate surface area is 85.1 Å². The fourth-order valence-electron chi connectivity index (χ4n) is 0.737. The molecule has 1 rings (SSSR count). The third kappa shape index (κ3) is 3.04. The fourth-order valence-corrected chi connectivity index (χ4v) is 0.887. The molecule has 5 heteroatoms. The van der Waals surface area contributed by atoms with Crippen LogP contribution < -0.4 is 5.73 Å². The van der Waals surface area contributed by atoms with Gasteiger partial charge in [-0.3, -0.25) is 4.79 Å². The van der Waals surface area contributed by atoms with Gasteiger partial charge in [0.25, 0.3) is 0 Å². The van der Waals surface area contributed by atoms with Crippen LogP contribution in [0.15, 0.2) is 12.3 Å². The van der Waals surface area contributed by atoms with Gasteiger partial charge in [-0.1, -0.05) is 23.4 Å². The van der Waals surface area contributed by atoms with Crippen molar-refractivity contribution < 1.29 is 9.18 Å². The van der Waals surface area contributed by atoms with E-state index in [1.165, 1.54) is 0 Å². The minimum absolute atomic E-state index is 0.0904. The van der Waals surface area contributed by atoms with E-state index in [1.807, 2.05) is 0 Å². The number of carbonyl (C=O) groups excluding carboxylic acids is 1. The van der Waals surface area contributed by atoms with Crippen LogP contribution in [0.5, 0.6) is 0 Å². The molecule has 0 bridgehead atoms. The molecule has 3 nitrogen and oxygen atoms in total. The Morgan fingerprint density at radius 2 is 2.43 bits per heavy atom. The van der Waals surface area contributed by atoms with E-state index in [2.05, 4.69) is 16.8 Å². The van der Waals surface area contributed by atoms with Crippen molar-refractivity contribution in [2.45, 2.75) is 6.42 Å². The van der Waals surface area contributed by atoms with Crippen LogP contribution in [0.1, 0.15) is 12.0 Å². The zero-order valence-electron chi connectivity index (χ0n) is 7.05. The molecular weight excluding hydrogens is 207 g/mol. The predicted octanol–water partition coefficient (Wildman–Crippen LogP) is 1.10. The largest absolute Gasteiger partial charge is 0.369 e. The number of aromatic nitrogens is 1. The first kappa shape index (κ1) is 10.5. The van der Waals surface area contributed by atoms with Crippen molar-refractivity contribution in [1.82, 2.24) is 4.98 Å². The van der Waals surface area contributed by atoms with E-state index in [9.17, 15) is 9.18 Å². The highest BCUT2D eigenvalue weighted by molar-refractivity contribution is 6.30. The lowest BCUT2D eigenvalue weighted by molar-refractivity contribution is -0.117. The molecule has 1 heterocycles. The standard InChI is InChI=1S/C9H6ClFN2O/c10-9-6(2-1-3-8(12)14)4-7(11)5-13-9/h4-5H,3H2,(H2,12,14). The molecule has 0 atom stereocenters. The van der Waals surface area contributed by atoms with E-state index in [-0.39, 0.29) is 17.1 Å². The predicted molar refractivity (Wildman–Crippen MR) is 49.9 cm³/mol. The monoisotopic (exact) mass is 212 g/mol. The lowest BCUT2D eigenvalue weighted by Crippen LogP contribution is -2.08. The quantitative estimate of drug-likeness (QED) is 0.560. The average molecular weight is 213 g/mol. The van der Waals surface area contributed by atoms with E-state index >= 15 is 0 Å². The Kier molecular flexibility index (Phi) is 3.43. The highest BCUT2D eigenvalue weighted by atomic mass is 35.5. The van der Waals surface area contributed by atoms with E-state index in [4.69, 9.17) is 17.3 Å². The Morgan fingerprint density at radius 1 is 1.71 bits per heavy atom. The normalized spacial score (nSPS) is 9.00. The van der Waals surface area contributed by atoms with Crippen molar-refractivity contribution >= 4 is 17.5 Å². The smallest absolute Gasteiger partial charge is 0.229 e. The minimum atomic E-state index is -0.544. The molecule has 1 amide bonds. The fraction of sp³-hybridized carbons (Fsp3) is 0.111. The highest BCUT2D eigenvalue weighted by Gasteiger charge is 1.99. The number of hydrogen-bond donors (Lipinski definition) is 1. The van der Waals surface area contributed by atoms with Gasteiger partial charge in [-0.05, 0) is 6.07 Å². The summed E-state index contributed by atoms with van der Waals surface area (Å²) in [5.41, 5.74) is 5.10. The maximum atomic E-state index is 12.7. The summed E-state index contributed by atoms with van der Waals surface area (Å²) in [7, 11) is 0. The van der Waals surface area contributed by atoms with Crippen LogP contribution in [0.25, 0.3) is 0 Å². The zero-order valence-corrected chi connectivity index (χ0v) is 7.81. The zero-order chi connectivity index (χ0) is 10.6. The molecular formula is C9H6ClFN2O. The number of rotatable bonds is 1. The number of nitrogens with two attached hydrogens (primary N) is 1. The number of primary amides is 1. The molecule has 0 unspecified atom stereocenters. The van der Waals surface area contributed by atoms with Gasteiger partial charge in [-0.2, -0.15) is 0 Å². The summed E-state index contributed by atoms with van der Waals surface area (Å²) < 4.78 is 12.7. The van der Waals surface area contributed by atoms with E-state index in [0.717, 1.165) is 12.3 Å². The molecule has 0 spiro atoms. The average Bonchev–Trinajstić information content (AvgIpc) is 2.10. The van der Waals surface area contributed by atoms with Crippen molar-refractivity contribution in [3.63, 3.8) is 0 Å². The second-order valence-electron chi connectivity index (χ2n) is 2.44. The van der Waals surface area contributed by atoms with E-state index < -0.39 is 11.7 Å². The molecule has 0 aliphatic carbocycles. The Morgan fingerprint density at radius 3 is 3.07 bits per heavy atom. The maximum Gasteiger partial charge on any atom is 0.229 e. The summed E-state index contributed by atoms with van der Waals surface area (Å²) in [6.07, 6.45) is 0.897. The summed E-state index contributed by atoms with van der Waals surface area (Å²) in [6, 6.07) is 1.14. The van der Waals surface area contributed by atoms with Gasteiger partial charge in [0, 0.05) is 0 Å².